The van der Waals surface area contributed by atoms with Gasteiger partial charge in [0.25, 0.3) is 5.91 Å². The molecule has 22 heavy (non-hydrogen) atoms. The summed E-state index contributed by atoms with van der Waals surface area (Å²) in [5, 5.41) is 3.24. The molecule has 1 aliphatic rings. The number of furan rings is 1. The van der Waals surface area contributed by atoms with Crippen molar-refractivity contribution in [1.29, 1.82) is 0 Å². The highest BCUT2D eigenvalue weighted by Gasteiger charge is 2.25. The molecular weight excluding hydrogens is 307 g/mol. The maximum atomic E-state index is 12.9. The Morgan fingerprint density at radius 2 is 2.00 bits per heavy atom. The maximum absolute atomic E-state index is 12.9. The van der Waals surface area contributed by atoms with Crippen LogP contribution in [0.5, 0.6) is 0 Å². The third-order valence-electron chi connectivity index (χ3n) is 3.85. The monoisotopic (exact) mass is 324 g/mol. The van der Waals surface area contributed by atoms with E-state index in [9.17, 15) is 9.18 Å². The van der Waals surface area contributed by atoms with Crippen LogP contribution in [-0.2, 0) is 0 Å². The summed E-state index contributed by atoms with van der Waals surface area (Å²) in [4.78, 5) is 14.1. The quantitative estimate of drug-likeness (QED) is 0.944. The highest BCUT2D eigenvalue weighted by Crippen LogP contribution is 2.23. The Balaban J connectivity index is 0.00000176. The first-order valence-electron chi connectivity index (χ1n) is 6.99. The number of amides is 1. The van der Waals surface area contributed by atoms with E-state index in [0.29, 0.717) is 11.5 Å². The lowest BCUT2D eigenvalue weighted by atomic mass is 10.2. The summed E-state index contributed by atoms with van der Waals surface area (Å²) in [7, 11) is 1.79. The Labute approximate surface area is 134 Å². The van der Waals surface area contributed by atoms with E-state index < -0.39 is 0 Å². The molecule has 0 spiro atoms. The van der Waals surface area contributed by atoms with Crippen molar-refractivity contribution in [2.24, 2.45) is 0 Å². The number of rotatable bonds is 3. The van der Waals surface area contributed by atoms with Crippen LogP contribution in [0, 0.1) is 5.82 Å². The van der Waals surface area contributed by atoms with E-state index in [-0.39, 0.29) is 30.2 Å². The largest absolute Gasteiger partial charge is 0.451 e. The van der Waals surface area contributed by atoms with Crippen molar-refractivity contribution in [3.8, 4) is 11.3 Å². The molecule has 1 saturated heterocycles. The Bertz CT molecular complexity index is 636. The summed E-state index contributed by atoms with van der Waals surface area (Å²) in [6.07, 6.45) is 0.952. The fraction of sp³-hybridized carbons (Fsp3) is 0.312. The first-order chi connectivity index (χ1) is 10.1. The van der Waals surface area contributed by atoms with Crippen LogP contribution < -0.4 is 5.32 Å². The van der Waals surface area contributed by atoms with Gasteiger partial charge in [-0.1, -0.05) is 0 Å². The van der Waals surface area contributed by atoms with E-state index in [4.69, 9.17) is 4.42 Å². The zero-order valence-corrected chi connectivity index (χ0v) is 13.0. The van der Waals surface area contributed by atoms with Crippen LogP contribution in [0.4, 0.5) is 4.39 Å². The van der Waals surface area contributed by atoms with Crippen molar-refractivity contribution >= 4 is 18.3 Å². The van der Waals surface area contributed by atoms with E-state index in [1.54, 1.807) is 36.2 Å². The first kappa shape index (κ1) is 16.5. The van der Waals surface area contributed by atoms with Gasteiger partial charge in [-0.2, -0.15) is 0 Å². The Morgan fingerprint density at radius 3 is 2.64 bits per heavy atom. The van der Waals surface area contributed by atoms with Crippen LogP contribution >= 0.6 is 12.4 Å². The summed E-state index contributed by atoms with van der Waals surface area (Å²) in [5.41, 5.74) is 0.751. The van der Waals surface area contributed by atoms with Crippen molar-refractivity contribution in [3.05, 3.63) is 48.0 Å². The highest BCUT2D eigenvalue weighted by atomic mass is 35.5. The number of carbonyl (C=O) groups excluding carboxylic acids is 1. The minimum absolute atomic E-state index is 0. The van der Waals surface area contributed by atoms with E-state index in [2.05, 4.69) is 5.32 Å². The van der Waals surface area contributed by atoms with Crippen molar-refractivity contribution in [3.63, 3.8) is 0 Å². The van der Waals surface area contributed by atoms with Gasteiger partial charge in [-0.15, -0.1) is 12.4 Å². The molecule has 1 fully saturated rings. The van der Waals surface area contributed by atoms with Gasteiger partial charge in [-0.05, 0) is 49.4 Å². The smallest absolute Gasteiger partial charge is 0.289 e. The second-order valence-electron chi connectivity index (χ2n) is 5.23. The standard InChI is InChI=1S/C16H17FN2O2.ClH/c1-19(13-8-9-18-10-13)16(20)15-7-6-14(21-15)11-2-4-12(17)5-3-11;/h2-7,13,18H,8-10H2,1H3;1H. The lowest BCUT2D eigenvalue weighted by Gasteiger charge is -2.22. The predicted octanol–water partition coefficient (Wildman–Crippen LogP) is 2.94. The zero-order chi connectivity index (χ0) is 14.8. The molecule has 1 amide bonds. The summed E-state index contributed by atoms with van der Waals surface area (Å²) in [6, 6.07) is 9.61. The van der Waals surface area contributed by atoms with Crippen LogP contribution in [0.1, 0.15) is 17.0 Å². The number of hydrogen-bond acceptors (Lipinski definition) is 3. The van der Waals surface area contributed by atoms with Crippen LogP contribution in [0.2, 0.25) is 0 Å². The molecule has 4 nitrogen and oxygen atoms in total. The zero-order valence-electron chi connectivity index (χ0n) is 12.2. The fourth-order valence-electron chi connectivity index (χ4n) is 2.53. The molecule has 118 valence electrons. The fourth-order valence-corrected chi connectivity index (χ4v) is 2.53. The van der Waals surface area contributed by atoms with Gasteiger partial charge in [0.05, 0.1) is 0 Å². The van der Waals surface area contributed by atoms with Crippen LogP contribution in [-0.4, -0.2) is 37.0 Å². The van der Waals surface area contributed by atoms with E-state index in [0.717, 1.165) is 25.1 Å². The lowest BCUT2D eigenvalue weighted by molar-refractivity contribution is 0.0712. The molecule has 2 aromatic rings. The van der Waals surface area contributed by atoms with Gasteiger partial charge >= 0.3 is 0 Å². The lowest BCUT2D eigenvalue weighted by Crippen LogP contribution is -2.38. The van der Waals surface area contributed by atoms with Crippen molar-refractivity contribution in [2.75, 3.05) is 20.1 Å². The Morgan fingerprint density at radius 1 is 1.27 bits per heavy atom. The number of nitrogens with one attached hydrogen (secondary N) is 1. The normalized spacial score (nSPS) is 17.1. The topological polar surface area (TPSA) is 45.5 Å². The van der Waals surface area contributed by atoms with Gasteiger partial charge in [0.15, 0.2) is 5.76 Å². The number of carbonyl (C=O) groups is 1. The molecule has 0 bridgehead atoms. The number of hydrogen-bond donors (Lipinski definition) is 1. The second-order valence-corrected chi connectivity index (χ2v) is 5.23. The second kappa shape index (κ2) is 6.94. The third-order valence-corrected chi connectivity index (χ3v) is 3.85. The predicted molar refractivity (Wildman–Crippen MR) is 84.7 cm³/mol. The average molecular weight is 325 g/mol. The molecule has 1 N–H and O–H groups in total. The van der Waals surface area contributed by atoms with E-state index in [1.165, 1.54) is 12.1 Å². The van der Waals surface area contributed by atoms with Gasteiger partial charge < -0.3 is 14.6 Å². The molecule has 1 aliphatic heterocycles. The van der Waals surface area contributed by atoms with Gasteiger partial charge in [0, 0.05) is 25.2 Å². The van der Waals surface area contributed by atoms with Crippen molar-refractivity contribution in [2.45, 2.75) is 12.5 Å². The number of benzene rings is 1. The molecule has 0 radical (unpaired) electrons. The average Bonchev–Trinajstić information content (AvgIpc) is 3.18. The van der Waals surface area contributed by atoms with Crippen LogP contribution in [0.3, 0.4) is 0 Å². The summed E-state index contributed by atoms with van der Waals surface area (Å²) in [5.74, 6) is 0.451. The van der Waals surface area contributed by atoms with Gasteiger partial charge in [-0.25, -0.2) is 4.39 Å². The number of nitrogens with zero attached hydrogens (tertiary/aromatic N) is 1. The minimum Gasteiger partial charge on any atom is -0.451 e. The van der Waals surface area contributed by atoms with Gasteiger partial charge in [0.1, 0.15) is 11.6 Å². The van der Waals surface area contributed by atoms with Crippen molar-refractivity contribution < 1.29 is 13.6 Å². The number of likely N-dealkylation sites (N-methyl/N-ethyl adjacent to an activating group) is 1. The Kier molecular flexibility index (Phi) is 5.21. The molecule has 1 aromatic heterocycles. The molecule has 1 atom stereocenters. The summed E-state index contributed by atoms with van der Waals surface area (Å²) in [6.45, 7) is 1.75. The van der Waals surface area contributed by atoms with E-state index >= 15 is 0 Å². The first-order valence-corrected chi connectivity index (χ1v) is 6.99. The van der Waals surface area contributed by atoms with Gasteiger partial charge in [0.2, 0.25) is 0 Å². The minimum atomic E-state index is -0.296. The van der Waals surface area contributed by atoms with Crippen molar-refractivity contribution in [1.82, 2.24) is 10.2 Å². The summed E-state index contributed by atoms with van der Waals surface area (Å²) < 4.78 is 18.5. The third kappa shape index (κ3) is 3.31. The molecule has 3 rings (SSSR count). The summed E-state index contributed by atoms with van der Waals surface area (Å²) >= 11 is 0. The van der Waals surface area contributed by atoms with Crippen LogP contribution in [0.15, 0.2) is 40.8 Å². The number of halogens is 2. The molecule has 2 heterocycles. The maximum Gasteiger partial charge on any atom is 0.289 e. The molecule has 1 aromatic carbocycles. The Hall–Kier alpha value is -1.85. The molecule has 1 unspecified atom stereocenters. The van der Waals surface area contributed by atoms with E-state index in [1.807, 2.05) is 0 Å². The highest BCUT2D eigenvalue weighted by molar-refractivity contribution is 5.92. The molecular formula is C16H18ClFN2O2. The van der Waals surface area contributed by atoms with Gasteiger partial charge in [-0.3, -0.25) is 4.79 Å². The van der Waals surface area contributed by atoms with Crippen LogP contribution in [0.25, 0.3) is 11.3 Å². The molecule has 6 heteroatoms. The molecule has 0 aliphatic carbocycles. The molecule has 0 saturated carbocycles. The SMILES string of the molecule is CN(C(=O)c1ccc(-c2ccc(F)cc2)o1)C1CCNC1.Cl.